The predicted octanol–water partition coefficient (Wildman–Crippen LogP) is 5.81. The molecule has 1 aliphatic heterocycles. The molecule has 3 aliphatic rings. The molecular weight excluding hydrogens is 354 g/mol. The highest BCUT2D eigenvalue weighted by atomic mass is 19.1. The summed E-state index contributed by atoms with van der Waals surface area (Å²) in [7, 11) is 0. The Kier molecular flexibility index (Phi) is 4.15. The molecule has 1 heterocycles. The smallest absolute Gasteiger partial charge is 0.123 e. The Hall–Kier alpha value is -2.75. The number of allylic oxidation sites excluding steroid dienone is 2. The Labute approximate surface area is 163 Å². The minimum absolute atomic E-state index is 0.00557. The minimum Gasteiger partial charge on any atom is -0.279 e. The van der Waals surface area contributed by atoms with E-state index in [0.717, 1.165) is 48.2 Å². The Morgan fingerprint density at radius 3 is 2.25 bits per heavy atom. The zero-order valence-electron chi connectivity index (χ0n) is 15.6. The van der Waals surface area contributed by atoms with E-state index in [4.69, 9.17) is 5.10 Å². The third kappa shape index (κ3) is 2.79. The number of halogens is 2. The van der Waals surface area contributed by atoms with E-state index in [9.17, 15) is 8.78 Å². The third-order valence-corrected chi connectivity index (χ3v) is 6.43. The van der Waals surface area contributed by atoms with Gasteiger partial charge in [-0.1, -0.05) is 30.8 Å². The van der Waals surface area contributed by atoms with Crippen molar-refractivity contribution < 1.29 is 8.78 Å². The summed E-state index contributed by atoms with van der Waals surface area (Å²) in [5.74, 6) is 0.141. The van der Waals surface area contributed by atoms with Gasteiger partial charge in [0.2, 0.25) is 0 Å². The molecule has 5 rings (SSSR count). The number of nitrogens with zero attached hydrogens (tertiary/aromatic N) is 1. The van der Waals surface area contributed by atoms with Crippen molar-refractivity contribution >= 4 is 5.71 Å². The first-order valence-electron chi connectivity index (χ1n) is 9.89. The van der Waals surface area contributed by atoms with E-state index in [1.807, 2.05) is 24.3 Å². The van der Waals surface area contributed by atoms with Gasteiger partial charge >= 0.3 is 0 Å². The molecule has 0 bridgehead atoms. The Bertz CT molecular complexity index is 986. The minimum atomic E-state index is -0.245. The molecule has 0 spiro atoms. The maximum Gasteiger partial charge on any atom is 0.123 e. The first-order valence-corrected chi connectivity index (χ1v) is 9.89. The summed E-state index contributed by atoms with van der Waals surface area (Å²) in [6, 6.07) is 13.5. The van der Waals surface area contributed by atoms with Crippen molar-refractivity contribution in [3.63, 3.8) is 0 Å². The van der Waals surface area contributed by atoms with Crippen LogP contribution in [0, 0.1) is 17.6 Å². The number of hydrogen-bond acceptors (Lipinski definition) is 2. The number of hydrazone groups is 1. The summed E-state index contributed by atoms with van der Waals surface area (Å²) >= 11 is 0. The molecule has 0 saturated heterocycles. The van der Waals surface area contributed by atoms with Crippen LogP contribution >= 0.6 is 0 Å². The maximum atomic E-state index is 13.6. The molecule has 3 atom stereocenters. The normalized spacial score (nSPS) is 26.4. The SMILES string of the molecule is C=C1NN=C2C3=C1CCCC3CC(c1ccc(F)cc1)C2c1ccc(F)cc1. The van der Waals surface area contributed by atoms with E-state index >= 15 is 0 Å². The van der Waals surface area contributed by atoms with Crippen molar-refractivity contribution in [2.45, 2.75) is 37.5 Å². The third-order valence-electron chi connectivity index (χ3n) is 6.43. The first kappa shape index (κ1) is 17.4. The summed E-state index contributed by atoms with van der Waals surface area (Å²) in [5.41, 5.74) is 9.86. The van der Waals surface area contributed by atoms with Gasteiger partial charge in [0.1, 0.15) is 11.6 Å². The zero-order chi connectivity index (χ0) is 19.3. The molecule has 142 valence electrons. The molecule has 2 nitrogen and oxygen atoms in total. The van der Waals surface area contributed by atoms with Gasteiger partial charge in [-0.2, -0.15) is 5.10 Å². The van der Waals surface area contributed by atoms with Gasteiger partial charge in [-0.15, -0.1) is 0 Å². The van der Waals surface area contributed by atoms with Gasteiger partial charge in [0.05, 0.1) is 11.4 Å². The highest BCUT2D eigenvalue weighted by Gasteiger charge is 2.44. The van der Waals surface area contributed by atoms with E-state index < -0.39 is 0 Å². The van der Waals surface area contributed by atoms with Gasteiger partial charge < -0.3 is 0 Å². The fraction of sp³-hybridized carbons (Fsp3) is 0.292. The van der Waals surface area contributed by atoms with Crippen LogP contribution in [0.4, 0.5) is 8.78 Å². The fourth-order valence-electron chi connectivity index (χ4n) is 5.19. The summed E-state index contributed by atoms with van der Waals surface area (Å²) in [6.45, 7) is 4.15. The molecule has 2 aliphatic carbocycles. The highest BCUT2D eigenvalue weighted by Crippen LogP contribution is 2.52. The first-order chi connectivity index (χ1) is 13.6. The molecule has 1 fully saturated rings. The van der Waals surface area contributed by atoms with Gasteiger partial charge in [-0.3, -0.25) is 5.43 Å². The highest BCUT2D eigenvalue weighted by molar-refractivity contribution is 6.08. The molecule has 28 heavy (non-hydrogen) atoms. The Balaban J connectivity index is 1.67. The summed E-state index contributed by atoms with van der Waals surface area (Å²) in [6.07, 6.45) is 4.29. The van der Waals surface area contributed by atoms with Crippen LogP contribution in [0.1, 0.15) is 48.6 Å². The predicted molar refractivity (Wildman–Crippen MR) is 107 cm³/mol. The lowest BCUT2D eigenvalue weighted by Crippen LogP contribution is -2.39. The van der Waals surface area contributed by atoms with E-state index in [1.165, 1.54) is 35.4 Å². The van der Waals surface area contributed by atoms with Crippen LogP contribution in [0.2, 0.25) is 0 Å². The lowest BCUT2D eigenvalue weighted by molar-refractivity contribution is 0.396. The largest absolute Gasteiger partial charge is 0.279 e. The molecule has 3 unspecified atom stereocenters. The molecule has 0 amide bonds. The second kappa shape index (κ2) is 6.69. The van der Waals surface area contributed by atoms with Gasteiger partial charge in [-0.05, 0) is 84.1 Å². The van der Waals surface area contributed by atoms with Crippen molar-refractivity contribution in [2.24, 2.45) is 11.0 Å². The van der Waals surface area contributed by atoms with E-state index in [0.29, 0.717) is 5.92 Å². The summed E-state index contributed by atoms with van der Waals surface area (Å²) in [5, 5.41) is 4.73. The summed E-state index contributed by atoms with van der Waals surface area (Å²) in [4.78, 5) is 0. The molecule has 0 aromatic heterocycles. The number of hydrogen-bond donors (Lipinski definition) is 1. The van der Waals surface area contributed by atoms with Crippen LogP contribution in [-0.2, 0) is 0 Å². The number of rotatable bonds is 2. The van der Waals surface area contributed by atoms with Crippen molar-refractivity contribution in [3.05, 3.63) is 94.7 Å². The monoisotopic (exact) mass is 376 g/mol. The second-order valence-corrected chi connectivity index (χ2v) is 7.99. The van der Waals surface area contributed by atoms with Crippen molar-refractivity contribution in [3.8, 4) is 0 Å². The number of benzene rings is 2. The fourth-order valence-corrected chi connectivity index (χ4v) is 5.19. The topological polar surface area (TPSA) is 24.4 Å². The van der Waals surface area contributed by atoms with Gasteiger partial charge in [0.25, 0.3) is 0 Å². The van der Waals surface area contributed by atoms with Crippen LogP contribution < -0.4 is 5.43 Å². The Morgan fingerprint density at radius 1 is 0.929 bits per heavy atom. The molecular formula is C24H22F2N2. The average molecular weight is 376 g/mol. The van der Waals surface area contributed by atoms with Crippen molar-refractivity contribution in [2.75, 3.05) is 0 Å². The summed E-state index contributed by atoms with van der Waals surface area (Å²) < 4.78 is 27.1. The van der Waals surface area contributed by atoms with Crippen molar-refractivity contribution in [1.82, 2.24) is 5.43 Å². The molecule has 1 N–H and O–H groups in total. The van der Waals surface area contributed by atoms with Gasteiger partial charge in [0.15, 0.2) is 0 Å². The molecule has 2 aromatic rings. The van der Waals surface area contributed by atoms with Gasteiger partial charge in [-0.25, -0.2) is 8.78 Å². The lowest BCUT2D eigenvalue weighted by atomic mass is 9.61. The Morgan fingerprint density at radius 2 is 1.57 bits per heavy atom. The maximum absolute atomic E-state index is 13.6. The van der Waals surface area contributed by atoms with Gasteiger partial charge in [0, 0.05) is 5.92 Å². The molecule has 2 aromatic carbocycles. The van der Waals surface area contributed by atoms with Crippen LogP contribution in [0.3, 0.4) is 0 Å². The van der Waals surface area contributed by atoms with Crippen LogP contribution in [0.25, 0.3) is 0 Å². The number of nitrogens with one attached hydrogen (secondary N) is 1. The lowest BCUT2D eigenvalue weighted by Gasteiger charge is -2.44. The molecule has 1 saturated carbocycles. The van der Waals surface area contributed by atoms with E-state index in [-0.39, 0.29) is 23.5 Å². The standard InChI is InChI=1S/C24H22F2N2/c1-14-20-4-2-3-17-13-21(15-5-9-18(25)10-6-15)22(24(23(17)20)28-27-14)16-7-11-19(26)12-8-16/h5-12,17,21-22,27H,1-4,13H2. The average Bonchev–Trinajstić information content (AvgIpc) is 2.71. The molecule has 0 radical (unpaired) electrons. The van der Waals surface area contributed by atoms with Crippen molar-refractivity contribution in [1.29, 1.82) is 0 Å². The quantitative estimate of drug-likeness (QED) is 0.703. The van der Waals surface area contributed by atoms with E-state index in [2.05, 4.69) is 12.0 Å². The second-order valence-electron chi connectivity index (χ2n) is 7.99. The van der Waals surface area contributed by atoms with Crippen LogP contribution in [0.15, 0.2) is 77.1 Å². The van der Waals surface area contributed by atoms with Crippen LogP contribution in [-0.4, -0.2) is 5.71 Å². The molecule has 4 heteroatoms. The van der Waals surface area contributed by atoms with E-state index in [1.54, 1.807) is 0 Å². The zero-order valence-corrected chi connectivity index (χ0v) is 15.6. The van der Waals surface area contributed by atoms with Crippen LogP contribution in [0.5, 0.6) is 0 Å².